The van der Waals surface area contributed by atoms with Crippen molar-refractivity contribution in [2.24, 2.45) is 0 Å². The van der Waals surface area contributed by atoms with Gasteiger partial charge in [-0.05, 0) is 32.0 Å². The number of amides is 1. The molecule has 0 saturated carbocycles. The summed E-state index contributed by atoms with van der Waals surface area (Å²) in [6.07, 6.45) is 3.13. The standard InChI is InChI=1S/C14H15N5O/c1-9(2)18-14(20)11(6-15)7-16-12-4-3-10-8-17-19-13(10)5-12/h3-5,7-9,16H,1-2H3,(H,17,19)(H,18,20)/b11-7-. The fourth-order valence-electron chi connectivity index (χ4n) is 1.67. The summed E-state index contributed by atoms with van der Waals surface area (Å²) in [5.41, 5.74) is 1.68. The third-order valence-corrected chi connectivity index (χ3v) is 2.61. The molecule has 0 saturated heterocycles. The Labute approximate surface area is 116 Å². The van der Waals surface area contributed by atoms with Crippen LogP contribution in [0, 0.1) is 11.3 Å². The summed E-state index contributed by atoms with van der Waals surface area (Å²) in [7, 11) is 0. The van der Waals surface area contributed by atoms with Crippen LogP contribution >= 0.6 is 0 Å². The minimum absolute atomic E-state index is 0.0133. The second kappa shape index (κ2) is 5.89. The van der Waals surface area contributed by atoms with Crippen molar-refractivity contribution >= 4 is 22.5 Å². The SMILES string of the molecule is CC(C)NC(=O)/C(C#N)=C\Nc1ccc2cn[nH]c2c1. The minimum Gasteiger partial charge on any atom is -0.360 e. The number of aromatic nitrogens is 2. The summed E-state index contributed by atoms with van der Waals surface area (Å²) in [5, 5.41) is 22.4. The number of rotatable bonds is 4. The average Bonchev–Trinajstić information content (AvgIpc) is 2.86. The van der Waals surface area contributed by atoms with Crippen LogP contribution < -0.4 is 10.6 Å². The summed E-state index contributed by atoms with van der Waals surface area (Å²) >= 11 is 0. The van der Waals surface area contributed by atoms with Crippen molar-refractivity contribution < 1.29 is 4.79 Å². The van der Waals surface area contributed by atoms with Crippen LogP contribution in [0.4, 0.5) is 5.69 Å². The first-order chi connectivity index (χ1) is 9.60. The Bertz CT molecular complexity index is 693. The van der Waals surface area contributed by atoms with Gasteiger partial charge in [-0.1, -0.05) is 0 Å². The number of aromatic amines is 1. The van der Waals surface area contributed by atoms with Gasteiger partial charge in [-0.3, -0.25) is 9.89 Å². The zero-order chi connectivity index (χ0) is 14.5. The molecule has 2 aromatic rings. The van der Waals surface area contributed by atoms with E-state index in [4.69, 9.17) is 5.26 Å². The molecule has 0 aliphatic carbocycles. The fraction of sp³-hybridized carbons (Fsp3) is 0.214. The van der Waals surface area contributed by atoms with E-state index in [0.717, 1.165) is 16.6 Å². The van der Waals surface area contributed by atoms with Crippen molar-refractivity contribution in [1.82, 2.24) is 15.5 Å². The second-order valence-electron chi connectivity index (χ2n) is 4.61. The van der Waals surface area contributed by atoms with Crippen LogP contribution in [0.3, 0.4) is 0 Å². The average molecular weight is 269 g/mol. The van der Waals surface area contributed by atoms with Gasteiger partial charge >= 0.3 is 0 Å². The molecule has 0 fully saturated rings. The number of benzene rings is 1. The molecule has 1 amide bonds. The van der Waals surface area contributed by atoms with Gasteiger partial charge in [-0.15, -0.1) is 0 Å². The third-order valence-electron chi connectivity index (χ3n) is 2.61. The van der Waals surface area contributed by atoms with Gasteiger partial charge < -0.3 is 10.6 Å². The highest BCUT2D eigenvalue weighted by atomic mass is 16.1. The van der Waals surface area contributed by atoms with Gasteiger partial charge in [0.1, 0.15) is 11.6 Å². The maximum Gasteiger partial charge on any atom is 0.263 e. The number of nitrogens with one attached hydrogen (secondary N) is 3. The quantitative estimate of drug-likeness (QED) is 0.583. The molecule has 0 radical (unpaired) electrons. The molecule has 0 aliphatic rings. The van der Waals surface area contributed by atoms with Crippen LogP contribution in [0.15, 0.2) is 36.2 Å². The summed E-state index contributed by atoms with van der Waals surface area (Å²) < 4.78 is 0. The van der Waals surface area contributed by atoms with Gasteiger partial charge in [-0.25, -0.2) is 0 Å². The zero-order valence-corrected chi connectivity index (χ0v) is 11.3. The number of carbonyl (C=O) groups is 1. The first-order valence-electron chi connectivity index (χ1n) is 6.21. The Balaban J connectivity index is 2.13. The molecule has 20 heavy (non-hydrogen) atoms. The van der Waals surface area contributed by atoms with Crippen LogP contribution in [0.1, 0.15) is 13.8 Å². The molecule has 0 spiro atoms. The lowest BCUT2D eigenvalue weighted by atomic mass is 10.2. The van der Waals surface area contributed by atoms with Crippen molar-refractivity contribution in [3.05, 3.63) is 36.2 Å². The van der Waals surface area contributed by atoms with E-state index in [0.29, 0.717) is 0 Å². The van der Waals surface area contributed by atoms with E-state index in [9.17, 15) is 4.79 Å². The molecule has 0 aliphatic heterocycles. The number of carbonyl (C=O) groups excluding carboxylic acids is 1. The molecule has 0 atom stereocenters. The second-order valence-corrected chi connectivity index (χ2v) is 4.61. The Morgan fingerprint density at radius 1 is 1.50 bits per heavy atom. The molecule has 2 rings (SSSR count). The fourth-order valence-corrected chi connectivity index (χ4v) is 1.67. The number of nitriles is 1. The predicted molar refractivity (Wildman–Crippen MR) is 76.7 cm³/mol. The van der Waals surface area contributed by atoms with Crippen molar-refractivity contribution in [3.8, 4) is 6.07 Å². The minimum atomic E-state index is -0.391. The molecule has 1 heterocycles. The van der Waals surface area contributed by atoms with E-state index < -0.39 is 5.91 Å². The van der Waals surface area contributed by atoms with E-state index in [2.05, 4.69) is 20.8 Å². The molecular formula is C14H15N5O. The van der Waals surface area contributed by atoms with E-state index in [1.807, 2.05) is 38.1 Å². The number of hydrogen-bond acceptors (Lipinski definition) is 4. The van der Waals surface area contributed by atoms with E-state index in [1.54, 1.807) is 6.20 Å². The Morgan fingerprint density at radius 3 is 3.00 bits per heavy atom. The number of fused-ring (bicyclic) bond motifs is 1. The van der Waals surface area contributed by atoms with Crippen molar-refractivity contribution in [2.75, 3.05) is 5.32 Å². The molecule has 6 heteroatoms. The van der Waals surface area contributed by atoms with E-state index in [1.165, 1.54) is 6.20 Å². The van der Waals surface area contributed by atoms with Gasteiger partial charge in [0.15, 0.2) is 0 Å². The lowest BCUT2D eigenvalue weighted by Gasteiger charge is -2.07. The topological polar surface area (TPSA) is 93.6 Å². The molecule has 3 N–H and O–H groups in total. The van der Waals surface area contributed by atoms with Gasteiger partial charge in [0, 0.05) is 23.3 Å². The molecule has 1 aromatic carbocycles. The van der Waals surface area contributed by atoms with Gasteiger partial charge in [-0.2, -0.15) is 10.4 Å². The Morgan fingerprint density at radius 2 is 2.30 bits per heavy atom. The van der Waals surface area contributed by atoms with Crippen LogP contribution in [0.25, 0.3) is 10.9 Å². The third kappa shape index (κ3) is 3.14. The number of hydrogen-bond donors (Lipinski definition) is 3. The first kappa shape index (κ1) is 13.6. The molecule has 102 valence electrons. The van der Waals surface area contributed by atoms with Crippen molar-refractivity contribution in [3.63, 3.8) is 0 Å². The van der Waals surface area contributed by atoms with Crippen LogP contribution in [0.5, 0.6) is 0 Å². The summed E-state index contributed by atoms with van der Waals surface area (Å²) in [6, 6.07) is 7.47. The summed E-state index contributed by atoms with van der Waals surface area (Å²) in [5.74, 6) is -0.391. The van der Waals surface area contributed by atoms with Crippen molar-refractivity contribution in [2.45, 2.75) is 19.9 Å². The zero-order valence-electron chi connectivity index (χ0n) is 11.3. The molecular weight excluding hydrogens is 254 g/mol. The van der Waals surface area contributed by atoms with E-state index in [-0.39, 0.29) is 11.6 Å². The van der Waals surface area contributed by atoms with Crippen molar-refractivity contribution in [1.29, 1.82) is 5.26 Å². The molecule has 0 bridgehead atoms. The summed E-state index contributed by atoms with van der Waals surface area (Å²) in [4.78, 5) is 11.7. The Kier molecular flexibility index (Phi) is 4.01. The van der Waals surface area contributed by atoms with Gasteiger partial charge in [0.2, 0.25) is 0 Å². The molecule has 0 unspecified atom stereocenters. The molecule has 6 nitrogen and oxygen atoms in total. The number of H-pyrrole nitrogens is 1. The highest BCUT2D eigenvalue weighted by molar-refractivity contribution is 5.97. The highest BCUT2D eigenvalue weighted by Crippen LogP contribution is 2.16. The van der Waals surface area contributed by atoms with Crippen LogP contribution in [0.2, 0.25) is 0 Å². The summed E-state index contributed by atoms with van der Waals surface area (Å²) in [6.45, 7) is 3.68. The maximum atomic E-state index is 11.7. The lowest BCUT2D eigenvalue weighted by Crippen LogP contribution is -2.31. The van der Waals surface area contributed by atoms with Crippen LogP contribution in [-0.4, -0.2) is 22.1 Å². The first-order valence-corrected chi connectivity index (χ1v) is 6.21. The largest absolute Gasteiger partial charge is 0.360 e. The van der Waals surface area contributed by atoms with Crippen LogP contribution in [-0.2, 0) is 4.79 Å². The monoisotopic (exact) mass is 269 g/mol. The predicted octanol–water partition coefficient (Wildman–Crippen LogP) is 1.91. The molecule has 1 aromatic heterocycles. The number of nitrogens with zero attached hydrogens (tertiary/aromatic N) is 2. The van der Waals surface area contributed by atoms with E-state index >= 15 is 0 Å². The maximum absolute atomic E-state index is 11.7. The normalized spacial score (nSPS) is 11.4. The Hall–Kier alpha value is -2.81. The van der Waals surface area contributed by atoms with Gasteiger partial charge in [0.05, 0.1) is 11.7 Å². The van der Waals surface area contributed by atoms with Gasteiger partial charge in [0.25, 0.3) is 5.91 Å². The highest BCUT2D eigenvalue weighted by Gasteiger charge is 2.09. The smallest absolute Gasteiger partial charge is 0.263 e. The lowest BCUT2D eigenvalue weighted by molar-refractivity contribution is -0.117. The number of anilines is 1.